The van der Waals surface area contributed by atoms with Gasteiger partial charge in [-0.3, -0.25) is 14.5 Å². The van der Waals surface area contributed by atoms with E-state index >= 15 is 0 Å². The summed E-state index contributed by atoms with van der Waals surface area (Å²) >= 11 is 1.74. The normalized spacial score (nSPS) is 14.0. The van der Waals surface area contributed by atoms with Crippen molar-refractivity contribution >= 4 is 45.1 Å². The summed E-state index contributed by atoms with van der Waals surface area (Å²) in [5.41, 5.74) is 3.23. The lowest BCUT2D eigenvalue weighted by Crippen LogP contribution is -2.47. The Morgan fingerprint density at radius 1 is 0.936 bits per heavy atom. The second kappa shape index (κ2) is 15.5. The number of alkyl carbamates (subject to hydrolysis) is 1. The number of thiophene rings is 1. The molecule has 0 unspecified atom stereocenters. The number of anilines is 1. The van der Waals surface area contributed by atoms with Crippen LogP contribution in [0.4, 0.5) is 10.5 Å². The van der Waals surface area contributed by atoms with Crippen LogP contribution in [-0.2, 0) is 25.5 Å². The molecular formula is C37H43N3O6S. The first-order valence-electron chi connectivity index (χ1n) is 16.0. The van der Waals surface area contributed by atoms with Crippen molar-refractivity contribution < 1.29 is 28.6 Å². The number of fused-ring (bicyclic) bond motifs is 1. The zero-order valence-corrected chi connectivity index (χ0v) is 28.3. The molecule has 2 heterocycles. The average Bonchev–Trinajstić information content (AvgIpc) is 3.69. The third kappa shape index (κ3) is 9.56. The van der Waals surface area contributed by atoms with Gasteiger partial charge in [0.2, 0.25) is 5.91 Å². The molecule has 5 rings (SSSR count). The maximum absolute atomic E-state index is 13.1. The van der Waals surface area contributed by atoms with Gasteiger partial charge >= 0.3 is 12.1 Å². The summed E-state index contributed by atoms with van der Waals surface area (Å²) in [4.78, 5) is 41.1. The number of carbonyl (C=O) groups excluding carboxylic acids is 3. The lowest BCUT2D eigenvalue weighted by atomic mass is 9.99. The second-order valence-electron chi connectivity index (χ2n) is 12.7. The standard InChI is InChI=1S/C37H43N3O6S/c1-37(2,3)46-36(43)39-31(24-33(41)44-4)35(42)38-27-15-13-26(14-16-27)34-30(29-9-5-6-10-32(29)47-34)23-25-11-17-28(18-12-25)45-22-21-40-19-7-8-20-40/h5-6,9-18,31H,7-8,19-24H2,1-4H3,(H,38,42)(H,39,43)/t31-/m0/s1. The fourth-order valence-electron chi connectivity index (χ4n) is 5.56. The van der Waals surface area contributed by atoms with Gasteiger partial charge in [0, 0.05) is 21.8 Å². The quantitative estimate of drug-likeness (QED) is 0.158. The predicted octanol–water partition coefficient (Wildman–Crippen LogP) is 7.03. The Bertz CT molecular complexity index is 1670. The third-order valence-corrected chi connectivity index (χ3v) is 9.16. The van der Waals surface area contributed by atoms with Gasteiger partial charge in [-0.1, -0.05) is 42.5 Å². The molecule has 1 aliphatic rings. The molecule has 248 valence electrons. The van der Waals surface area contributed by atoms with Gasteiger partial charge < -0.3 is 24.8 Å². The number of esters is 1. The summed E-state index contributed by atoms with van der Waals surface area (Å²) in [5, 5.41) is 6.51. The van der Waals surface area contributed by atoms with Gasteiger partial charge in [0.1, 0.15) is 24.0 Å². The minimum absolute atomic E-state index is 0.337. The van der Waals surface area contributed by atoms with Crippen LogP contribution < -0.4 is 15.4 Å². The van der Waals surface area contributed by atoms with Crippen molar-refractivity contribution in [3.8, 4) is 16.2 Å². The summed E-state index contributed by atoms with van der Waals surface area (Å²) in [6.07, 6.45) is 2.19. The van der Waals surface area contributed by atoms with E-state index in [9.17, 15) is 14.4 Å². The Morgan fingerprint density at radius 2 is 1.64 bits per heavy atom. The van der Waals surface area contributed by atoms with Gasteiger partial charge in [0.25, 0.3) is 0 Å². The smallest absolute Gasteiger partial charge is 0.408 e. The van der Waals surface area contributed by atoms with Crippen molar-refractivity contribution in [3.63, 3.8) is 0 Å². The highest BCUT2D eigenvalue weighted by atomic mass is 32.1. The molecule has 0 aliphatic carbocycles. The Hall–Kier alpha value is -4.41. The van der Waals surface area contributed by atoms with Crippen LogP contribution in [0.15, 0.2) is 72.8 Å². The Kier molecular flexibility index (Phi) is 11.2. The zero-order valence-electron chi connectivity index (χ0n) is 27.5. The maximum Gasteiger partial charge on any atom is 0.408 e. The molecule has 0 saturated carbocycles. The maximum atomic E-state index is 13.1. The molecule has 10 heteroatoms. The van der Waals surface area contributed by atoms with Crippen molar-refractivity contribution in [2.24, 2.45) is 0 Å². The summed E-state index contributed by atoms with van der Waals surface area (Å²) in [6, 6.07) is 23.2. The average molecular weight is 658 g/mol. The van der Waals surface area contributed by atoms with E-state index in [0.29, 0.717) is 12.3 Å². The number of nitrogens with one attached hydrogen (secondary N) is 2. The van der Waals surface area contributed by atoms with E-state index in [1.807, 2.05) is 24.3 Å². The van der Waals surface area contributed by atoms with Gasteiger partial charge in [-0.2, -0.15) is 0 Å². The van der Waals surface area contributed by atoms with Crippen LogP contribution in [0, 0.1) is 0 Å². The highest BCUT2D eigenvalue weighted by Gasteiger charge is 2.27. The summed E-state index contributed by atoms with van der Waals surface area (Å²) < 4.78 is 17.2. The molecule has 2 N–H and O–H groups in total. The van der Waals surface area contributed by atoms with Crippen LogP contribution in [0.3, 0.4) is 0 Å². The van der Waals surface area contributed by atoms with Crippen LogP contribution in [0.5, 0.6) is 5.75 Å². The largest absolute Gasteiger partial charge is 0.492 e. The van der Waals surface area contributed by atoms with E-state index < -0.39 is 29.6 Å². The van der Waals surface area contributed by atoms with Crippen molar-refractivity contribution in [1.29, 1.82) is 0 Å². The first-order valence-corrected chi connectivity index (χ1v) is 16.8. The number of rotatable bonds is 12. The molecule has 1 aliphatic heterocycles. The molecule has 3 aromatic carbocycles. The van der Waals surface area contributed by atoms with E-state index in [0.717, 1.165) is 29.2 Å². The molecule has 0 bridgehead atoms. The number of hydrogen-bond donors (Lipinski definition) is 2. The zero-order chi connectivity index (χ0) is 33.4. The SMILES string of the molecule is COC(=O)C[C@H](NC(=O)OC(C)(C)C)C(=O)Nc1ccc(-c2sc3ccccc3c2Cc2ccc(OCCN3CCCC3)cc2)cc1. The number of carbonyl (C=O) groups is 3. The Morgan fingerprint density at radius 3 is 2.32 bits per heavy atom. The topological polar surface area (TPSA) is 106 Å². The van der Waals surface area contributed by atoms with Crippen molar-refractivity contribution in [2.45, 2.75) is 58.1 Å². The molecular weight excluding hydrogens is 614 g/mol. The van der Waals surface area contributed by atoms with Crippen molar-refractivity contribution in [3.05, 3.63) is 83.9 Å². The molecule has 0 spiro atoms. The van der Waals surface area contributed by atoms with Crippen molar-refractivity contribution in [2.75, 3.05) is 38.7 Å². The molecule has 1 fully saturated rings. The van der Waals surface area contributed by atoms with Crippen LogP contribution >= 0.6 is 11.3 Å². The summed E-state index contributed by atoms with van der Waals surface area (Å²) in [5.74, 6) is -0.301. The molecule has 4 aromatic rings. The first kappa shape index (κ1) is 33.9. The van der Waals surface area contributed by atoms with E-state index in [1.165, 1.54) is 54.3 Å². The monoisotopic (exact) mass is 657 g/mol. The van der Waals surface area contributed by atoms with E-state index in [4.69, 9.17) is 14.2 Å². The number of methoxy groups -OCH3 is 1. The van der Waals surface area contributed by atoms with Gasteiger partial charge in [-0.15, -0.1) is 11.3 Å². The number of nitrogens with zero attached hydrogens (tertiary/aromatic N) is 1. The number of amides is 2. The number of hydrogen-bond acceptors (Lipinski definition) is 8. The predicted molar refractivity (Wildman–Crippen MR) is 186 cm³/mol. The Balaban J connectivity index is 1.28. The highest BCUT2D eigenvalue weighted by Crippen LogP contribution is 2.40. The molecule has 0 radical (unpaired) electrons. The molecule has 1 atom stereocenters. The Labute approximate surface area is 280 Å². The van der Waals surface area contributed by atoms with Crippen molar-refractivity contribution in [1.82, 2.24) is 10.2 Å². The minimum atomic E-state index is -1.17. The van der Waals surface area contributed by atoms with Crippen LogP contribution in [-0.4, -0.2) is 67.9 Å². The molecule has 1 saturated heterocycles. The van der Waals surface area contributed by atoms with Gasteiger partial charge in [0.15, 0.2) is 0 Å². The lowest BCUT2D eigenvalue weighted by molar-refractivity contribution is -0.142. The number of likely N-dealkylation sites (tertiary alicyclic amines) is 1. The fourth-order valence-corrected chi connectivity index (χ4v) is 6.78. The first-order chi connectivity index (χ1) is 22.6. The number of ether oxygens (including phenoxy) is 3. The van der Waals surface area contributed by atoms with E-state index in [-0.39, 0.29) is 6.42 Å². The highest BCUT2D eigenvalue weighted by molar-refractivity contribution is 7.22. The summed E-state index contributed by atoms with van der Waals surface area (Å²) in [6.45, 7) is 9.14. The van der Waals surface area contributed by atoms with Crippen LogP contribution in [0.2, 0.25) is 0 Å². The molecule has 47 heavy (non-hydrogen) atoms. The number of benzene rings is 3. The molecule has 2 amide bonds. The summed E-state index contributed by atoms with van der Waals surface area (Å²) in [7, 11) is 1.23. The minimum Gasteiger partial charge on any atom is -0.492 e. The van der Waals surface area contributed by atoms with E-state index in [1.54, 1.807) is 32.1 Å². The van der Waals surface area contributed by atoms with Gasteiger partial charge in [0.05, 0.1) is 13.5 Å². The van der Waals surface area contributed by atoms with Gasteiger partial charge in [-0.25, -0.2) is 4.79 Å². The second-order valence-corrected chi connectivity index (χ2v) is 13.7. The third-order valence-electron chi connectivity index (χ3n) is 7.90. The lowest BCUT2D eigenvalue weighted by Gasteiger charge is -2.23. The fraction of sp³-hybridized carbons (Fsp3) is 0.378. The van der Waals surface area contributed by atoms with Crippen LogP contribution in [0.1, 0.15) is 51.2 Å². The molecule has 1 aromatic heterocycles. The molecule has 9 nitrogen and oxygen atoms in total. The van der Waals surface area contributed by atoms with Crippen LogP contribution in [0.25, 0.3) is 20.5 Å². The van der Waals surface area contributed by atoms with E-state index in [2.05, 4.69) is 64.1 Å². The van der Waals surface area contributed by atoms with Gasteiger partial charge in [-0.05, 0) is 106 Å².